The summed E-state index contributed by atoms with van der Waals surface area (Å²) in [5, 5.41) is 3.39. The fourth-order valence-corrected chi connectivity index (χ4v) is 2.32. The first-order valence-corrected chi connectivity index (χ1v) is 6.80. The highest BCUT2D eigenvalue weighted by Gasteiger charge is 2.14. The van der Waals surface area contributed by atoms with Gasteiger partial charge in [-0.1, -0.05) is 0 Å². The fraction of sp³-hybridized carbons (Fsp3) is 0.643. The minimum absolute atomic E-state index is 0.455. The molecule has 1 aliphatic heterocycles. The van der Waals surface area contributed by atoms with E-state index in [-0.39, 0.29) is 0 Å². The number of hydrogen-bond donors (Lipinski definition) is 1. The Labute approximate surface area is 110 Å². The average Bonchev–Trinajstić information content (AvgIpc) is 2.46. The van der Waals surface area contributed by atoms with E-state index in [1.807, 2.05) is 12.4 Å². The van der Waals surface area contributed by atoms with Crippen molar-refractivity contribution in [1.29, 1.82) is 0 Å². The van der Waals surface area contributed by atoms with E-state index in [1.54, 1.807) is 0 Å². The van der Waals surface area contributed by atoms with Crippen LogP contribution < -0.4 is 5.32 Å². The van der Waals surface area contributed by atoms with Crippen LogP contribution in [0.1, 0.15) is 18.5 Å². The van der Waals surface area contributed by atoms with Crippen LogP contribution in [0.3, 0.4) is 0 Å². The van der Waals surface area contributed by atoms with E-state index in [0.29, 0.717) is 6.04 Å². The van der Waals surface area contributed by atoms with Crippen molar-refractivity contribution < 1.29 is 0 Å². The van der Waals surface area contributed by atoms with Crippen LogP contribution >= 0.6 is 0 Å². The Morgan fingerprint density at radius 1 is 1.33 bits per heavy atom. The molecular weight excluding hydrogens is 224 g/mol. The highest BCUT2D eigenvalue weighted by molar-refractivity contribution is 5.13. The van der Waals surface area contributed by atoms with Gasteiger partial charge in [-0.05, 0) is 31.7 Å². The standard InChI is InChI=1S/C14H24N4/c1-13(14-3-5-15-6-4-14)17(2)11-12-18-9-7-16-8-10-18/h3-6,13,16H,7-12H2,1-2H3. The van der Waals surface area contributed by atoms with Crippen molar-refractivity contribution in [2.75, 3.05) is 46.3 Å². The fourth-order valence-electron chi connectivity index (χ4n) is 2.32. The Morgan fingerprint density at radius 2 is 2.00 bits per heavy atom. The molecule has 0 radical (unpaired) electrons. The minimum atomic E-state index is 0.455. The molecule has 1 fully saturated rings. The lowest BCUT2D eigenvalue weighted by atomic mass is 10.1. The number of nitrogens with one attached hydrogen (secondary N) is 1. The summed E-state index contributed by atoms with van der Waals surface area (Å²) in [5.41, 5.74) is 1.34. The van der Waals surface area contributed by atoms with Gasteiger partial charge < -0.3 is 5.32 Å². The lowest BCUT2D eigenvalue weighted by Crippen LogP contribution is -2.46. The average molecular weight is 248 g/mol. The third kappa shape index (κ3) is 3.77. The van der Waals surface area contributed by atoms with E-state index in [9.17, 15) is 0 Å². The van der Waals surface area contributed by atoms with E-state index in [0.717, 1.165) is 26.2 Å². The molecule has 1 unspecified atom stereocenters. The molecule has 1 aromatic heterocycles. The number of likely N-dealkylation sites (N-methyl/N-ethyl adjacent to an activating group) is 1. The summed E-state index contributed by atoms with van der Waals surface area (Å²) in [4.78, 5) is 9.02. The maximum atomic E-state index is 4.07. The molecule has 1 aromatic rings. The summed E-state index contributed by atoms with van der Waals surface area (Å²) >= 11 is 0. The van der Waals surface area contributed by atoms with Crippen molar-refractivity contribution in [3.05, 3.63) is 30.1 Å². The highest BCUT2D eigenvalue weighted by atomic mass is 15.2. The Kier molecular flexibility index (Phi) is 5.11. The molecule has 100 valence electrons. The number of nitrogens with zero attached hydrogens (tertiary/aromatic N) is 3. The molecule has 1 saturated heterocycles. The van der Waals surface area contributed by atoms with Crippen LogP contribution in [0.4, 0.5) is 0 Å². The van der Waals surface area contributed by atoms with Crippen LogP contribution in [0.25, 0.3) is 0 Å². The smallest absolute Gasteiger partial charge is 0.0318 e. The number of aromatic nitrogens is 1. The van der Waals surface area contributed by atoms with Gasteiger partial charge in [0.25, 0.3) is 0 Å². The molecule has 0 bridgehead atoms. The molecule has 1 aliphatic rings. The molecule has 0 spiro atoms. The van der Waals surface area contributed by atoms with Crippen molar-refractivity contribution in [3.63, 3.8) is 0 Å². The molecule has 2 rings (SSSR count). The Balaban J connectivity index is 1.78. The van der Waals surface area contributed by atoms with E-state index >= 15 is 0 Å². The second-order valence-electron chi connectivity index (χ2n) is 5.03. The topological polar surface area (TPSA) is 31.4 Å². The number of rotatable bonds is 5. The van der Waals surface area contributed by atoms with Gasteiger partial charge in [0.1, 0.15) is 0 Å². The lowest BCUT2D eigenvalue weighted by molar-refractivity contribution is 0.183. The van der Waals surface area contributed by atoms with Gasteiger partial charge in [-0.25, -0.2) is 0 Å². The van der Waals surface area contributed by atoms with E-state index in [2.05, 4.69) is 46.2 Å². The first-order chi connectivity index (χ1) is 8.77. The van der Waals surface area contributed by atoms with E-state index < -0.39 is 0 Å². The van der Waals surface area contributed by atoms with E-state index in [4.69, 9.17) is 0 Å². The Hall–Kier alpha value is -0.970. The third-order valence-electron chi connectivity index (χ3n) is 3.83. The molecule has 0 aliphatic carbocycles. The number of hydrogen-bond acceptors (Lipinski definition) is 4. The molecule has 4 heteroatoms. The molecule has 0 saturated carbocycles. The molecule has 0 amide bonds. The van der Waals surface area contributed by atoms with Crippen molar-refractivity contribution >= 4 is 0 Å². The van der Waals surface area contributed by atoms with Crippen molar-refractivity contribution in [1.82, 2.24) is 20.1 Å². The quantitative estimate of drug-likeness (QED) is 0.842. The highest BCUT2D eigenvalue weighted by Crippen LogP contribution is 2.17. The molecule has 1 atom stereocenters. The summed E-state index contributed by atoms with van der Waals surface area (Å²) in [5.74, 6) is 0. The van der Waals surface area contributed by atoms with Gasteiger partial charge >= 0.3 is 0 Å². The summed E-state index contributed by atoms with van der Waals surface area (Å²) in [6, 6.07) is 4.66. The molecule has 2 heterocycles. The molecule has 1 N–H and O–H groups in total. The summed E-state index contributed by atoms with van der Waals surface area (Å²) in [6.45, 7) is 9.15. The summed E-state index contributed by atoms with van der Waals surface area (Å²) in [6.07, 6.45) is 3.74. The second kappa shape index (κ2) is 6.83. The van der Waals surface area contributed by atoms with Crippen LogP contribution in [0, 0.1) is 0 Å². The van der Waals surface area contributed by atoms with Crippen molar-refractivity contribution in [2.45, 2.75) is 13.0 Å². The van der Waals surface area contributed by atoms with Crippen LogP contribution in [0.5, 0.6) is 0 Å². The van der Waals surface area contributed by atoms with Gasteiger partial charge in [0, 0.05) is 57.7 Å². The summed E-state index contributed by atoms with van der Waals surface area (Å²) in [7, 11) is 2.20. The van der Waals surface area contributed by atoms with Gasteiger partial charge in [0.2, 0.25) is 0 Å². The SMILES string of the molecule is CC(c1ccncc1)N(C)CCN1CCNCC1. The third-order valence-corrected chi connectivity index (χ3v) is 3.83. The maximum absolute atomic E-state index is 4.07. The predicted molar refractivity (Wildman–Crippen MR) is 74.6 cm³/mol. The Morgan fingerprint density at radius 3 is 2.67 bits per heavy atom. The molecule has 0 aromatic carbocycles. The lowest BCUT2D eigenvalue weighted by Gasteiger charge is -2.31. The van der Waals surface area contributed by atoms with Crippen LogP contribution in [0.15, 0.2) is 24.5 Å². The number of pyridine rings is 1. The zero-order valence-corrected chi connectivity index (χ0v) is 11.5. The monoisotopic (exact) mass is 248 g/mol. The summed E-state index contributed by atoms with van der Waals surface area (Å²) < 4.78 is 0. The largest absolute Gasteiger partial charge is 0.314 e. The van der Waals surface area contributed by atoms with Crippen LogP contribution in [-0.2, 0) is 0 Å². The van der Waals surface area contributed by atoms with Gasteiger partial charge in [-0.15, -0.1) is 0 Å². The van der Waals surface area contributed by atoms with Crippen LogP contribution in [0.2, 0.25) is 0 Å². The van der Waals surface area contributed by atoms with Crippen LogP contribution in [-0.4, -0.2) is 61.1 Å². The molecule has 18 heavy (non-hydrogen) atoms. The normalized spacial score (nSPS) is 19.1. The Bertz CT molecular complexity index is 335. The molecule has 4 nitrogen and oxygen atoms in total. The zero-order valence-electron chi connectivity index (χ0n) is 11.5. The van der Waals surface area contributed by atoms with Gasteiger partial charge in [0.15, 0.2) is 0 Å². The van der Waals surface area contributed by atoms with Crippen molar-refractivity contribution in [3.8, 4) is 0 Å². The first-order valence-electron chi connectivity index (χ1n) is 6.80. The predicted octanol–water partition coefficient (Wildman–Crippen LogP) is 0.980. The van der Waals surface area contributed by atoms with E-state index in [1.165, 1.54) is 18.7 Å². The zero-order chi connectivity index (χ0) is 12.8. The minimum Gasteiger partial charge on any atom is -0.314 e. The second-order valence-corrected chi connectivity index (χ2v) is 5.03. The van der Waals surface area contributed by atoms with Gasteiger partial charge in [-0.3, -0.25) is 14.8 Å². The van der Waals surface area contributed by atoms with Crippen molar-refractivity contribution in [2.24, 2.45) is 0 Å². The van der Waals surface area contributed by atoms with Gasteiger partial charge in [0.05, 0.1) is 0 Å². The first kappa shape index (κ1) is 13.5. The number of piperazine rings is 1. The maximum Gasteiger partial charge on any atom is 0.0318 e. The molecular formula is C14H24N4. The van der Waals surface area contributed by atoms with Gasteiger partial charge in [-0.2, -0.15) is 0 Å².